The van der Waals surface area contributed by atoms with Crippen LogP contribution in [0.1, 0.15) is 13.8 Å². The van der Waals surface area contributed by atoms with Crippen molar-refractivity contribution in [2.75, 3.05) is 9.80 Å². The Kier molecular flexibility index (Phi) is 11.4. The normalized spacial score (nSPS) is 11.7. The molecule has 0 unspecified atom stereocenters. The molecular weight excluding hydrogens is 500 g/mol. The topological polar surface area (TPSA) is 81.1 Å². The third kappa shape index (κ3) is 9.10. The molecule has 4 aromatic rings. The van der Waals surface area contributed by atoms with Crippen LogP contribution in [0.4, 0.5) is 22.7 Å². The van der Waals surface area contributed by atoms with Gasteiger partial charge in [0.1, 0.15) is 6.10 Å². The van der Waals surface area contributed by atoms with Crippen LogP contribution in [0.3, 0.4) is 0 Å². The second-order valence-electron chi connectivity index (χ2n) is 8.70. The minimum Gasteiger partial charge on any atom is -0.389 e. The van der Waals surface area contributed by atoms with Crippen molar-refractivity contribution in [1.82, 2.24) is 0 Å². The van der Waals surface area contributed by atoms with Gasteiger partial charge in [0.05, 0.1) is 6.10 Å². The van der Waals surface area contributed by atoms with Gasteiger partial charge < -0.3 is 10.2 Å². The minimum atomic E-state index is -0.827. The second kappa shape index (κ2) is 15.5. The van der Waals surface area contributed by atoms with Crippen LogP contribution in [0.5, 0.6) is 0 Å². The number of benzene rings is 4. The van der Waals surface area contributed by atoms with E-state index in [0.29, 0.717) is 0 Å². The largest absolute Gasteiger partial charge is 0.389 e. The fraction of sp³-hybridized carbons (Fsp3) is 0.118. The van der Waals surface area contributed by atoms with Crippen molar-refractivity contribution in [3.63, 3.8) is 0 Å². The first kappa shape index (κ1) is 29.6. The van der Waals surface area contributed by atoms with Crippen LogP contribution in [-0.2, 0) is 9.59 Å². The summed E-state index contributed by atoms with van der Waals surface area (Å²) in [4.78, 5) is 27.8. The van der Waals surface area contributed by atoms with E-state index in [1.165, 1.54) is 24.0 Å². The molecule has 2 atom stereocenters. The Balaban J connectivity index is 0.000000220. The molecule has 0 aliphatic heterocycles. The van der Waals surface area contributed by atoms with Gasteiger partial charge in [-0.05, 0) is 68.3 Å². The highest BCUT2D eigenvalue weighted by atomic mass is 16.3. The van der Waals surface area contributed by atoms with Gasteiger partial charge in [0.2, 0.25) is 0 Å². The van der Waals surface area contributed by atoms with Crippen molar-refractivity contribution in [3.8, 4) is 11.8 Å². The van der Waals surface area contributed by atoms with E-state index >= 15 is 0 Å². The van der Waals surface area contributed by atoms with E-state index in [1.54, 1.807) is 11.8 Å². The van der Waals surface area contributed by atoms with Crippen molar-refractivity contribution in [1.29, 1.82) is 0 Å². The number of rotatable bonds is 6. The fourth-order valence-corrected chi connectivity index (χ4v) is 3.61. The van der Waals surface area contributed by atoms with E-state index in [4.69, 9.17) is 0 Å². The molecule has 202 valence electrons. The summed E-state index contributed by atoms with van der Waals surface area (Å²) >= 11 is 0. The van der Waals surface area contributed by atoms with E-state index in [2.05, 4.69) is 11.8 Å². The standard InChI is InChI=1S/C17H17NO2.C17H15NO2/c2*1-14(19)12-13-17(20)18(15-8-4-2-5-9-15)16-10-6-3-7-11-16/h2-14,19H,1H3;2-11,14,19H,1H3/b13-12-;/t2*14-/m11/s1. The molecular formula is C34H32N2O4. The van der Waals surface area contributed by atoms with Crippen LogP contribution in [-0.4, -0.2) is 34.2 Å². The van der Waals surface area contributed by atoms with Crippen molar-refractivity contribution in [2.45, 2.75) is 26.1 Å². The Morgan fingerprint density at radius 2 is 0.975 bits per heavy atom. The Hall–Kier alpha value is -4.96. The molecule has 0 spiro atoms. The van der Waals surface area contributed by atoms with E-state index in [1.807, 2.05) is 121 Å². The maximum absolute atomic E-state index is 12.4. The third-order valence-corrected chi connectivity index (χ3v) is 5.39. The van der Waals surface area contributed by atoms with Crippen molar-refractivity contribution >= 4 is 34.6 Å². The summed E-state index contributed by atoms with van der Waals surface area (Å²) < 4.78 is 0. The molecule has 40 heavy (non-hydrogen) atoms. The number of para-hydroxylation sites is 4. The SMILES string of the molecule is C[C@@H](O)/C=C\C(=O)N(c1ccccc1)c1ccccc1.C[C@@H](O)C#CC(=O)N(c1ccccc1)c1ccccc1. The number of anilines is 4. The summed E-state index contributed by atoms with van der Waals surface area (Å²) in [6, 6.07) is 37.4. The van der Waals surface area contributed by atoms with Crippen LogP contribution in [0, 0.1) is 11.8 Å². The number of amides is 2. The lowest BCUT2D eigenvalue weighted by molar-refractivity contribution is -0.114. The van der Waals surface area contributed by atoms with Gasteiger partial charge in [-0.25, -0.2) is 0 Å². The fourth-order valence-electron chi connectivity index (χ4n) is 3.61. The van der Waals surface area contributed by atoms with Crippen LogP contribution in [0.2, 0.25) is 0 Å². The van der Waals surface area contributed by atoms with Crippen LogP contribution in [0.25, 0.3) is 0 Å². The highest BCUT2D eigenvalue weighted by Gasteiger charge is 2.16. The van der Waals surface area contributed by atoms with Crippen LogP contribution >= 0.6 is 0 Å². The number of aliphatic hydroxyl groups excluding tert-OH is 2. The summed E-state index contributed by atoms with van der Waals surface area (Å²) in [5.41, 5.74) is 3.06. The van der Waals surface area contributed by atoms with Gasteiger partial charge in [-0.15, -0.1) is 0 Å². The maximum Gasteiger partial charge on any atom is 0.307 e. The summed E-state index contributed by atoms with van der Waals surface area (Å²) in [5.74, 6) is 4.38. The number of nitrogens with zero attached hydrogens (tertiary/aromatic N) is 2. The molecule has 0 aliphatic rings. The maximum atomic E-state index is 12.4. The molecule has 0 aliphatic carbocycles. The second-order valence-corrected chi connectivity index (χ2v) is 8.70. The van der Waals surface area contributed by atoms with Gasteiger partial charge in [-0.2, -0.15) is 0 Å². The predicted molar refractivity (Wildman–Crippen MR) is 160 cm³/mol. The van der Waals surface area contributed by atoms with Gasteiger partial charge in [-0.1, -0.05) is 84.8 Å². The van der Waals surface area contributed by atoms with Crippen LogP contribution < -0.4 is 9.80 Å². The Bertz CT molecular complexity index is 1350. The summed E-state index contributed by atoms with van der Waals surface area (Å²) in [6.45, 7) is 3.13. The molecule has 0 bridgehead atoms. The first-order chi connectivity index (χ1) is 19.4. The zero-order valence-electron chi connectivity index (χ0n) is 22.5. The van der Waals surface area contributed by atoms with E-state index < -0.39 is 12.2 Å². The van der Waals surface area contributed by atoms with E-state index in [-0.39, 0.29) is 11.8 Å². The van der Waals surface area contributed by atoms with Crippen molar-refractivity contribution in [3.05, 3.63) is 133 Å². The highest BCUT2D eigenvalue weighted by Crippen LogP contribution is 2.26. The zero-order valence-corrected chi connectivity index (χ0v) is 22.5. The smallest absolute Gasteiger partial charge is 0.307 e. The molecule has 6 heteroatoms. The molecule has 2 N–H and O–H groups in total. The Labute approximate surface area is 235 Å². The summed E-state index contributed by atoms with van der Waals surface area (Å²) in [5, 5.41) is 18.4. The predicted octanol–water partition coefficient (Wildman–Crippen LogP) is 6.02. The number of hydrogen-bond donors (Lipinski definition) is 2. The third-order valence-electron chi connectivity index (χ3n) is 5.39. The summed E-state index contributed by atoms with van der Waals surface area (Å²) in [7, 11) is 0. The molecule has 4 aromatic carbocycles. The molecule has 0 fully saturated rings. The van der Waals surface area contributed by atoms with Gasteiger partial charge in [0.25, 0.3) is 5.91 Å². The van der Waals surface area contributed by atoms with Gasteiger partial charge in [0.15, 0.2) is 0 Å². The van der Waals surface area contributed by atoms with Crippen molar-refractivity contribution < 1.29 is 19.8 Å². The average Bonchev–Trinajstić information content (AvgIpc) is 2.98. The van der Waals surface area contributed by atoms with Crippen LogP contribution in [0.15, 0.2) is 133 Å². The quantitative estimate of drug-likeness (QED) is 0.235. The summed E-state index contributed by atoms with van der Waals surface area (Å²) in [6.07, 6.45) is 1.39. The number of hydrogen-bond acceptors (Lipinski definition) is 4. The lowest BCUT2D eigenvalue weighted by atomic mass is 10.2. The van der Waals surface area contributed by atoms with Crippen molar-refractivity contribution in [2.24, 2.45) is 0 Å². The van der Waals surface area contributed by atoms with Gasteiger partial charge in [-0.3, -0.25) is 19.4 Å². The molecule has 6 nitrogen and oxygen atoms in total. The molecule has 0 saturated heterocycles. The molecule has 4 rings (SSSR count). The molecule has 0 heterocycles. The molecule has 0 aromatic heterocycles. The Morgan fingerprint density at radius 3 is 1.30 bits per heavy atom. The number of carbonyl (C=O) groups excluding carboxylic acids is 2. The Morgan fingerprint density at radius 1 is 0.625 bits per heavy atom. The monoisotopic (exact) mass is 532 g/mol. The first-order valence-electron chi connectivity index (χ1n) is 12.8. The number of carbonyl (C=O) groups is 2. The van der Waals surface area contributed by atoms with Gasteiger partial charge in [0, 0.05) is 28.8 Å². The molecule has 2 amide bonds. The zero-order chi connectivity index (χ0) is 28.7. The van der Waals surface area contributed by atoms with E-state index in [0.717, 1.165) is 22.7 Å². The van der Waals surface area contributed by atoms with E-state index in [9.17, 15) is 19.8 Å². The van der Waals surface area contributed by atoms with Gasteiger partial charge >= 0.3 is 5.91 Å². The average molecular weight is 533 g/mol. The lowest BCUT2D eigenvalue weighted by Gasteiger charge is -2.21. The number of aliphatic hydroxyl groups is 2. The highest BCUT2D eigenvalue weighted by molar-refractivity contribution is 6.10. The lowest BCUT2D eigenvalue weighted by Crippen LogP contribution is -2.24. The molecule has 0 saturated carbocycles. The minimum absolute atomic E-state index is 0.191. The first-order valence-corrected chi connectivity index (χ1v) is 12.8. The molecule has 0 radical (unpaired) electrons.